The summed E-state index contributed by atoms with van der Waals surface area (Å²) in [6.07, 6.45) is 0.478. The van der Waals surface area contributed by atoms with Crippen molar-refractivity contribution < 1.29 is 14.6 Å². The van der Waals surface area contributed by atoms with Crippen LogP contribution in [0.25, 0.3) is 10.9 Å². The molecule has 1 N–H and O–H groups in total. The Bertz CT molecular complexity index is 987. The van der Waals surface area contributed by atoms with Crippen molar-refractivity contribution in [1.82, 2.24) is 9.88 Å². The van der Waals surface area contributed by atoms with Gasteiger partial charge in [-0.05, 0) is 43.2 Å². The van der Waals surface area contributed by atoms with Gasteiger partial charge in [0, 0.05) is 30.1 Å². The molecule has 3 aromatic rings. The molecule has 0 spiro atoms. The number of fused-ring (bicyclic) bond motifs is 1. The average molecular weight is 390 g/mol. The number of likely N-dealkylation sites (tertiary alicyclic amines) is 1. The molecule has 5 heteroatoms. The number of pyridine rings is 1. The average Bonchev–Trinajstić information content (AvgIpc) is 3.10. The van der Waals surface area contributed by atoms with Gasteiger partial charge in [0.15, 0.2) is 0 Å². The van der Waals surface area contributed by atoms with Crippen molar-refractivity contribution in [2.45, 2.75) is 25.9 Å². The number of hydrogen-bond donors (Lipinski definition) is 1. The Morgan fingerprint density at radius 2 is 1.90 bits per heavy atom. The van der Waals surface area contributed by atoms with Gasteiger partial charge in [-0.3, -0.25) is 9.78 Å². The van der Waals surface area contributed by atoms with E-state index in [9.17, 15) is 9.90 Å². The first-order chi connectivity index (χ1) is 14.1. The second-order valence-electron chi connectivity index (χ2n) is 7.58. The minimum Gasteiger partial charge on any atom is -0.494 e. The summed E-state index contributed by atoms with van der Waals surface area (Å²) in [6.45, 7) is 3.51. The minimum atomic E-state index is -0.521. The van der Waals surface area contributed by atoms with Crippen LogP contribution in [0.3, 0.4) is 0 Å². The number of aliphatic hydroxyl groups excluding tert-OH is 1. The fourth-order valence-electron chi connectivity index (χ4n) is 3.91. The molecule has 0 saturated carbocycles. The highest BCUT2D eigenvalue weighted by molar-refractivity contribution is 5.79. The fraction of sp³-hybridized carbons (Fsp3) is 0.333. The van der Waals surface area contributed by atoms with Crippen LogP contribution >= 0.6 is 0 Å². The number of amides is 1. The van der Waals surface area contributed by atoms with Crippen LogP contribution in [0.1, 0.15) is 18.2 Å². The van der Waals surface area contributed by atoms with E-state index in [1.165, 1.54) is 0 Å². The molecule has 2 aromatic carbocycles. The zero-order valence-corrected chi connectivity index (χ0v) is 16.6. The van der Waals surface area contributed by atoms with Crippen molar-refractivity contribution in [2.75, 3.05) is 19.7 Å². The molecule has 4 rings (SSSR count). The number of rotatable bonds is 6. The first-order valence-corrected chi connectivity index (χ1v) is 10.1. The molecule has 0 radical (unpaired) electrons. The Morgan fingerprint density at radius 1 is 1.10 bits per heavy atom. The van der Waals surface area contributed by atoms with Crippen LogP contribution in [-0.4, -0.2) is 46.7 Å². The Kier molecular flexibility index (Phi) is 5.76. The fourth-order valence-corrected chi connectivity index (χ4v) is 3.91. The first-order valence-electron chi connectivity index (χ1n) is 10.1. The normalized spacial score (nSPS) is 18.9. The minimum absolute atomic E-state index is 0.00735. The predicted octanol–water partition coefficient (Wildman–Crippen LogP) is 3.24. The highest BCUT2D eigenvalue weighted by Gasteiger charge is 2.34. The van der Waals surface area contributed by atoms with Gasteiger partial charge in [-0.1, -0.05) is 36.4 Å². The van der Waals surface area contributed by atoms with Crippen LogP contribution in [0.4, 0.5) is 0 Å². The van der Waals surface area contributed by atoms with Crippen molar-refractivity contribution in [3.63, 3.8) is 0 Å². The molecule has 29 heavy (non-hydrogen) atoms. The summed E-state index contributed by atoms with van der Waals surface area (Å²) in [5.74, 6) is 0.860. The van der Waals surface area contributed by atoms with E-state index in [4.69, 9.17) is 9.72 Å². The molecule has 1 amide bonds. The quantitative estimate of drug-likeness (QED) is 0.702. The molecule has 1 aliphatic rings. The lowest BCUT2D eigenvalue weighted by Gasteiger charge is -2.16. The predicted molar refractivity (Wildman–Crippen MR) is 113 cm³/mol. The summed E-state index contributed by atoms with van der Waals surface area (Å²) < 4.78 is 5.44. The molecular formula is C24H26N2O3. The lowest BCUT2D eigenvalue weighted by atomic mass is 9.99. The van der Waals surface area contributed by atoms with Gasteiger partial charge in [-0.2, -0.15) is 0 Å². The van der Waals surface area contributed by atoms with Gasteiger partial charge >= 0.3 is 0 Å². The number of ether oxygens (including phenoxy) is 1. The Morgan fingerprint density at radius 3 is 2.69 bits per heavy atom. The number of nitrogens with zero attached hydrogens (tertiary/aromatic N) is 2. The molecule has 1 aromatic heterocycles. The van der Waals surface area contributed by atoms with E-state index >= 15 is 0 Å². The number of carbonyl (C=O) groups excluding carboxylic acids is 1. The molecule has 2 heterocycles. The monoisotopic (exact) mass is 390 g/mol. The number of benzene rings is 2. The van der Waals surface area contributed by atoms with Gasteiger partial charge in [0.1, 0.15) is 5.75 Å². The van der Waals surface area contributed by atoms with Crippen LogP contribution in [0.15, 0.2) is 60.7 Å². The highest BCUT2D eigenvalue weighted by Crippen LogP contribution is 2.23. The number of aliphatic hydroxyl groups is 1. The zero-order valence-electron chi connectivity index (χ0n) is 16.6. The molecule has 1 aliphatic heterocycles. The molecule has 2 atom stereocenters. The summed E-state index contributed by atoms with van der Waals surface area (Å²) in [5.41, 5.74) is 2.86. The zero-order chi connectivity index (χ0) is 20.2. The molecule has 5 nitrogen and oxygen atoms in total. The third-order valence-corrected chi connectivity index (χ3v) is 5.48. The molecule has 1 saturated heterocycles. The van der Waals surface area contributed by atoms with Gasteiger partial charge in [-0.25, -0.2) is 0 Å². The van der Waals surface area contributed by atoms with Crippen LogP contribution in [0.5, 0.6) is 5.75 Å². The maximum absolute atomic E-state index is 12.7. The van der Waals surface area contributed by atoms with Gasteiger partial charge in [0.2, 0.25) is 5.91 Å². The number of aromatic nitrogens is 1. The van der Waals surface area contributed by atoms with Crippen molar-refractivity contribution in [2.24, 2.45) is 5.92 Å². The Hall–Kier alpha value is -2.92. The largest absolute Gasteiger partial charge is 0.494 e. The first kappa shape index (κ1) is 19.4. The van der Waals surface area contributed by atoms with Gasteiger partial charge < -0.3 is 14.7 Å². The summed E-state index contributed by atoms with van der Waals surface area (Å²) in [7, 11) is 0. The maximum Gasteiger partial charge on any atom is 0.227 e. The van der Waals surface area contributed by atoms with Crippen LogP contribution in [0, 0.1) is 5.92 Å². The van der Waals surface area contributed by atoms with E-state index in [1.54, 1.807) is 4.90 Å². The van der Waals surface area contributed by atoms with Crippen LogP contribution in [-0.2, 0) is 17.6 Å². The number of hydrogen-bond acceptors (Lipinski definition) is 4. The Balaban J connectivity index is 1.37. The number of para-hydroxylation sites is 1. The number of carbonyl (C=O) groups is 1. The third kappa shape index (κ3) is 4.57. The van der Waals surface area contributed by atoms with E-state index in [0.717, 1.165) is 27.9 Å². The molecule has 150 valence electrons. The summed E-state index contributed by atoms with van der Waals surface area (Å²) >= 11 is 0. The van der Waals surface area contributed by atoms with E-state index in [-0.39, 0.29) is 11.8 Å². The van der Waals surface area contributed by atoms with Gasteiger partial charge in [0.25, 0.3) is 0 Å². The van der Waals surface area contributed by atoms with E-state index in [1.807, 2.05) is 61.5 Å². The maximum atomic E-state index is 12.7. The van der Waals surface area contributed by atoms with Crippen molar-refractivity contribution in [1.29, 1.82) is 0 Å². The smallest absolute Gasteiger partial charge is 0.227 e. The SMILES string of the molecule is CCOc1ccc(CC(=O)N2C[C@@H](Cc3ccc4ccccc4n3)[C@H](O)C2)cc1. The lowest BCUT2D eigenvalue weighted by molar-refractivity contribution is -0.129. The summed E-state index contributed by atoms with van der Waals surface area (Å²) in [6, 6.07) is 19.7. The Labute approximate surface area is 170 Å². The summed E-state index contributed by atoms with van der Waals surface area (Å²) in [4.78, 5) is 19.2. The van der Waals surface area contributed by atoms with Crippen molar-refractivity contribution in [3.05, 3.63) is 71.9 Å². The number of β-amino-alcohol motifs (C(OH)–C–C–N with tert-alkyl or cyclic N) is 1. The highest BCUT2D eigenvalue weighted by atomic mass is 16.5. The third-order valence-electron chi connectivity index (χ3n) is 5.48. The molecular weight excluding hydrogens is 364 g/mol. The molecule has 0 bridgehead atoms. The standard InChI is InChI=1S/C24H26N2O3/c1-2-29-21-11-7-17(8-12-21)13-24(28)26-15-19(23(27)16-26)14-20-10-9-18-5-3-4-6-22(18)25-20/h3-12,19,23,27H,2,13-16H2,1H3/t19-,23-/m1/s1. The van der Waals surface area contributed by atoms with Crippen molar-refractivity contribution >= 4 is 16.8 Å². The van der Waals surface area contributed by atoms with Gasteiger partial charge in [0.05, 0.1) is 24.6 Å². The van der Waals surface area contributed by atoms with Crippen LogP contribution < -0.4 is 4.74 Å². The van der Waals surface area contributed by atoms with E-state index in [0.29, 0.717) is 32.5 Å². The molecule has 1 fully saturated rings. The topological polar surface area (TPSA) is 62.7 Å². The van der Waals surface area contributed by atoms with Crippen molar-refractivity contribution in [3.8, 4) is 5.75 Å². The summed E-state index contributed by atoms with van der Waals surface area (Å²) in [5, 5.41) is 11.6. The van der Waals surface area contributed by atoms with E-state index < -0.39 is 6.10 Å². The second-order valence-corrected chi connectivity index (χ2v) is 7.58. The molecule has 0 unspecified atom stereocenters. The second kappa shape index (κ2) is 8.62. The van der Waals surface area contributed by atoms with E-state index in [2.05, 4.69) is 6.07 Å². The molecule has 0 aliphatic carbocycles. The van der Waals surface area contributed by atoms with Crippen LogP contribution in [0.2, 0.25) is 0 Å². The van der Waals surface area contributed by atoms with Gasteiger partial charge in [-0.15, -0.1) is 0 Å². The lowest BCUT2D eigenvalue weighted by Crippen LogP contribution is -2.31.